The van der Waals surface area contributed by atoms with E-state index in [1.54, 1.807) is 6.92 Å². The number of aromatic nitrogens is 1. The molecule has 1 aromatic rings. The first-order valence-electron chi connectivity index (χ1n) is 8.67. The van der Waals surface area contributed by atoms with Crippen LogP contribution in [-0.2, 0) is 14.6 Å². The highest BCUT2D eigenvalue weighted by atomic mass is 32.2. The molecule has 2 heterocycles. The summed E-state index contributed by atoms with van der Waals surface area (Å²) in [4.78, 5) is 28.0. The molecular weight excluding hydrogens is 377 g/mol. The van der Waals surface area contributed by atoms with Gasteiger partial charge in [-0.3, -0.25) is 14.6 Å². The molecule has 1 saturated heterocycles. The molecule has 3 rings (SSSR count). The number of alkyl halides is 1. The molecule has 148 valence electrons. The highest BCUT2D eigenvalue weighted by Crippen LogP contribution is 2.44. The summed E-state index contributed by atoms with van der Waals surface area (Å²) >= 11 is 0. The quantitative estimate of drug-likeness (QED) is 0.654. The summed E-state index contributed by atoms with van der Waals surface area (Å²) < 4.78 is 41.5. The highest BCUT2D eigenvalue weighted by Gasteiger charge is 2.50. The van der Waals surface area contributed by atoms with Gasteiger partial charge in [-0.05, 0) is 25.7 Å². The lowest BCUT2D eigenvalue weighted by atomic mass is 9.98. The molecule has 0 aromatic carbocycles. The van der Waals surface area contributed by atoms with Gasteiger partial charge in [-0.2, -0.15) is 0 Å². The number of nitrogens with one attached hydrogen (secondary N) is 1. The monoisotopic (exact) mass is 399 g/mol. The van der Waals surface area contributed by atoms with Crippen LogP contribution in [0.2, 0.25) is 0 Å². The smallest absolute Gasteiger partial charge is 0.270 e. The number of nitrogens with two attached hydrogens (primary N) is 1. The van der Waals surface area contributed by atoms with Crippen LogP contribution in [0.3, 0.4) is 0 Å². The predicted octanol–water partition coefficient (Wildman–Crippen LogP) is 0.468. The number of ether oxygens (including phenoxy) is 1. The van der Waals surface area contributed by atoms with E-state index in [9.17, 15) is 22.4 Å². The van der Waals surface area contributed by atoms with Crippen LogP contribution in [0.25, 0.3) is 0 Å². The van der Waals surface area contributed by atoms with Crippen LogP contribution >= 0.6 is 0 Å². The van der Waals surface area contributed by atoms with Crippen molar-refractivity contribution in [3.8, 4) is 5.75 Å². The molecular formula is C17H22FN3O5S. The van der Waals surface area contributed by atoms with Gasteiger partial charge in [-0.15, -0.1) is 0 Å². The van der Waals surface area contributed by atoms with E-state index in [4.69, 9.17) is 10.5 Å². The van der Waals surface area contributed by atoms with Gasteiger partial charge in [0.05, 0.1) is 23.5 Å². The third kappa shape index (κ3) is 4.55. The van der Waals surface area contributed by atoms with E-state index in [1.807, 2.05) is 0 Å². The van der Waals surface area contributed by atoms with E-state index in [2.05, 4.69) is 10.3 Å². The van der Waals surface area contributed by atoms with E-state index in [1.165, 1.54) is 12.3 Å². The average molecular weight is 399 g/mol. The second kappa shape index (κ2) is 7.06. The first-order valence-corrected chi connectivity index (χ1v) is 10.5. The molecule has 0 bridgehead atoms. The van der Waals surface area contributed by atoms with Crippen molar-refractivity contribution >= 4 is 21.7 Å². The molecule has 2 aliphatic rings. The number of nitrogens with zero attached hydrogens (tertiary/aromatic N) is 1. The molecule has 1 aliphatic heterocycles. The molecule has 1 atom stereocenters. The minimum absolute atomic E-state index is 0.00796. The van der Waals surface area contributed by atoms with Crippen LogP contribution in [0, 0.1) is 0 Å². The number of pyridine rings is 1. The Morgan fingerprint density at radius 1 is 1.44 bits per heavy atom. The predicted molar refractivity (Wildman–Crippen MR) is 94.9 cm³/mol. The van der Waals surface area contributed by atoms with Crippen LogP contribution in [0.1, 0.15) is 48.2 Å². The summed E-state index contributed by atoms with van der Waals surface area (Å²) in [6.45, 7) is 0.908. The van der Waals surface area contributed by atoms with Crippen molar-refractivity contribution in [3.63, 3.8) is 0 Å². The fraction of sp³-hybridized carbons (Fsp3) is 0.588. The average Bonchev–Trinajstić information content (AvgIpc) is 3.36. The summed E-state index contributed by atoms with van der Waals surface area (Å²) in [5, 5.41) is 2.58. The lowest BCUT2D eigenvalue weighted by Gasteiger charge is -2.40. The van der Waals surface area contributed by atoms with E-state index < -0.39 is 40.0 Å². The van der Waals surface area contributed by atoms with Crippen molar-refractivity contribution in [1.82, 2.24) is 10.3 Å². The summed E-state index contributed by atoms with van der Waals surface area (Å²) in [5.74, 6) is -1.36. The third-order valence-electron chi connectivity index (χ3n) is 4.57. The number of primary amides is 1. The molecule has 2 fully saturated rings. The van der Waals surface area contributed by atoms with Gasteiger partial charge in [-0.25, -0.2) is 12.8 Å². The molecule has 10 heteroatoms. The maximum Gasteiger partial charge on any atom is 0.270 e. The zero-order valence-electron chi connectivity index (χ0n) is 14.9. The molecule has 1 aromatic heterocycles. The van der Waals surface area contributed by atoms with Crippen LogP contribution in [0.4, 0.5) is 4.39 Å². The minimum atomic E-state index is -3.31. The molecule has 8 nitrogen and oxygen atoms in total. The van der Waals surface area contributed by atoms with Crippen molar-refractivity contribution in [2.45, 2.75) is 43.7 Å². The zero-order chi connectivity index (χ0) is 19.8. The van der Waals surface area contributed by atoms with Gasteiger partial charge in [0.2, 0.25) is 5.91 Å². The number of halogens is 1. The first kappa shape index (κ1) is 19.5. The van der Waals surface area contributed by atoms with Gasteiger partial charge in [0.1, 0.15) is 24.2 Å². The Hall–Kier alpha value is -2.23. The lowest BCUT2D eigenvalue weighted by molar-refractivity contribution is -0.119. The van der Waals surface area contributed by atoms with E-state index in [0.29, 0.717) is 5.75 Å². The molecule has 3 N–H and O–H groups in total. The molecule has 0 spiro atoms. The van der Waals surface area contributed by atoms with E-state index in [-0.39, 0.29) is 29.5 Å². The Bertz CT molecular complexity index is 857. The highest BCUT2D eigenvalue weighted by molar-refractivity contribution is 7.93. The first-order chi connectivity index (χ1) is 12.6. The second-order valence-corrected chi connectivity index (χ2v) is 9.44. The zero-order valence-corrected chi connectivity index (χ0v) is 15.7. The van der Waals surface area contributed by atoms with Crippen molar-refractivity contribution in [2.75, 3.05) is 18.2 Å². The van der Waals surface area contributed by atoms with Gasteiger partial charge >= 0.3 is 0 Å². The molecule has 0 unspecified atom stereocenters. The van der Waals surface area contributed by atoms with Gasteiger partial charge in [-0.1, -0.05) is 0 Å². The number of sulfone groups is 1. The number of rotatable bonds is 8. The van der Waals surface area contributed by atoms with Crippen LogP contribution in [-0.4, -0.2) is 55.0 Å². The Morgan fingerprint density at radius 2 is 2.11 bits per heavy atom. The molecule has 0 radical (unpaired) electrons. The van der Waals surface area contributed by atoms with Gasteiger partial charge in [0.15, 0.2) is 9.84 Å². The van der Waals surface area contributed by atoms with Crippen LogP contribution < -0.4 is 15.8 Å². The topological polar surface area (TPSA) is 128 Å². The molecule has 2 amide bonds. The summed E-state index contributed by atoms with van der Waals surface area (Å²) in [6.07, 6.45) is 2.55. The lowest BCUT2D eigenvalue weighted by Crippen LogP contribution is -2.66. The molecule has 27 heavy (non-hydrogen) atoms. The summed E-state index contributed by atoms with van der Waals surface area (Å²) in [7, 11) is -3.31. The number of hydrogen-bond donors (Lipinski definition) is 2. The standard InChI is InChI=1S/C17H22FN3O5S/c1-10(6-18)26-14-4-13(20-7-12(14)11-2-3-11)16(23)21-17(5-15(19)22)8-27(24,25)9-17/h4,7,10-11H,2-3,5-6,8-9H2,1H3,(H2,19,22)(H,21,23)/t10-/m0/s1. The Morgan fingerprint density at radius 3 is 2.63 bits per heavy atom. The van der Waals surface area contributed by atoms with E-state index in [0.717, 1.165) is 18.4 Å². The fourth-order valence-electron chi connectivity index (χ4n) is 3.28. The Kier molecular flexibility index (Phi) is 5.11. The molecule has 1 saturated carbocycles. The van der Waals surface area contributed by atoms with Crippen molar-refractivity contribution < 1.29 is 27.1 Å². The van der Waals surface area contributed by atoms with Crippen molar-refractivity contribution in [1.29, 1.82) is 0 Å². The summed E-state index contributed by atoms with van der Waals surface area (Å²) in [6, 6.07) is 1.43. The fourth-order valence-corrected chi connectivity index (χ4v) is 5.23. The SMILES string of the molecule is C[C@@H](CF)Oc1cc(C(=O)NC2(CC(N)=O)CS(=O)(=O)C2)ncc1C1CC1. The number of carbonyl (C=O) groups is 2. The van der Waals surface area contributed by atoms with Crippen LogP contribution in [0.5, 0.6) is 5.75 Å². The number of carbonyl (C=O) groups excluding carboxylic acids is 2. The maximum atomic E-state index is 12.8. The minimum Gasteiger partial charge on any atom is -0.488 e. The maximum absolute atomic E-state index is 12.8. The number of hydrogen-bond acceptors (Lipinski definition) is 6. The molecule has 1 aliphatic carbocycles. The third-order valence-corrected chi connectivity index (χ3v) is 6.56. The summed E-state index contributed by atoms with van der Waals surface area (Å²) in [5.41, 5.74) is 4.80. The van der Waals surface area contributed by atoms with Gasteiger partial charge in [0.25, 0.3) is 5.91 Å². The van der Waals surface area contributed by atoms with Crippen LogP contribution in [0.15, 0.2) is 12.3 Å². The Labute approximate surface area is 156 Å². The number of amides is 2. The van der Waals surface area contributed by atoms with E-state index >= 15 is 0 Å². The van der Waals surface area contributed by atoms with Crippen molar-refractivity contribution in [3.05, 3.63) is 23.5 Å². The normalized spacial score (nSPS) is 21.0. The van der Waals surface area contributed by atoms with Gasteiger partial charge in [0, 0.05) is 17.8 Å². The van der Waals surface area contributed by atoms with Gasteiger partial charge < -0.3 is 15.8 Å². The second-order valence-electron chi connectivity index (χ2n) is 7.37. The van der Waals surface area contributed by atoms with Crippen molar-refractivity contribution in [2.24, 2.45) is 5.73 Å². The Balaban J connectivity index is 1.81. The largest absolute Gasteiger partial charge is 0.488 e.